The third-order valence-electron chi connectivity index (χ3n) is 5.10. The number of anilines is 2. The number of para-hydroxylation sites is 1. The molecule has 2 amide bonds. The Morgan fingerprint density at radius 1 is 0.774 bits per heavy atom. The minimum absolute atomic E-state index is 0.0525. The summed E-state index contributed by atoms with van der Waals surface area (Å²) in [6, 6.07) is 24.0. The molecule has 6 nitrogen and oxygen atoms in total. The zero-order valence-electron chi connectivity index (χ0n) is 17.2. The molecule has 1 aliphatic rings. The van der Waals surface area contributed by atoms with Gasteiger partial charge < -0.3 is 20.3 Å². The first-order valence-electron chi connectivity index (χ1n) is 10.4. The molecule has 1 fully saturated rings. The highest BCUT2D eigenvalue weighted by Crippen LogP contribution is 2.22. The topological polar surface area (TPSA) is 70.7 Å². The zero-order valence-corrected chi connectivity index (χ0v) is 17.2. The van der Waals surface area contributed by atoms with E-state index in [1.165, 1.54) is 0 Å². The Hall–Kier alpha value is -3.80. The summed E-state index contributed by atoms with van der Waals surface area (Å²) in [7, 11) is 0. The molecule has 4 rings (SSSR count). The van der Waals surface area contributed by atoms with E-state index in [1.807, 2.05) is 59.5 Å². The lowest BCUT2D eigenvalue weighted by Crippen LogP contribution is -2.27. The molecule has 0 atom stereocenters. The minimum Gasteiger partial charge on any atom is -0.457 e. The number of amides is 2. The normalized spacial score (nSPS) is 13.0. The van der Waals surface area contributed by atoms with E-state index in [4.69, 9.17) is 4.74 Å². The highest BCUT2D eigenvalue weighted by Gasteiger charge is 2.19. The SMILES string of the molecule is O=C(CNc1ccc(Oc2ccccc2)cc1)Nc1ccc(C(=O)N2CCCC2)cc1. The van der Waals surface area contributed by atoms with Gasteiger partial charge in [-0.2, -0.15) is 0 Å². The fourth-order valence-electron chi connectivity index (χ4n) is 3.45. The summed E-state index contributed by atoms with van der Waals surface area (Å²) in [5.41, 5.74) is 2.13. The van der Waals surface area contributed by atoms with Crippen LogP contribution in [0.15, 0.2) is 78.9 Å². The van der Waals surface area contributed by atoms with Gasteiger partial charge in [-0.05, 0) is 73.5 Å². The maximum atomic E-state index is 12.4. The minimum atomic E-state index is -0.164. The number of benzene rings is 3. The van der Waals surface area contributed by atoms with Gasteiger partial charge in [0.1, 0.15) is 11.5 Å². The molecule has 1 saturated heterocycles. The summed E-state index contributed by atoms with van der Waals surface area (Å²) in [6.07, 6.45) is 2.13. The average molecular weight is 415 g/mol. The Morgan fingerprint density at radius 2 is 1.39 bits per heavy atom. The van der Waals surface area contributed by atoms with Crippen LogP contribution in [0.1, 0.15) is 23.2 Å². The van der Waals surface area contributed by atoms with Crippen LogP contribution in [0.3, 0.4) is 0 Å². The first-order valence-corrected chi connectivity index (χ1v) is 10.4. The van der Waals surface area contributed by atoms with E-state index in [9.17, 15) is 9.59 Å². The predicted octanol–water partition coefficient (Wildman–Crippen LogP) is 4.77. The summed E-state index contributed by atoms with van der Waals surface area (Å²) < 4.78 is 5.76. The van der Waals surface area contributed by atoms with Gasteiger partial charge in [0.25, 0.3) is 5.91 Å². The van der Waals surface area contributed by atoms with Crippen molar-refractivity contribution in [2.45, 2.75) is 12.8 Å². The number of carbonyl (C=O) groups excluding carboxylic acids is 2. The molecule has 0 aliphatic carbocycles. The maximum absolute atomic E-state index is 12.4. The standard InChI is InChI=1S/C25H25N3O3/c29-24(27-21-10-8-19(9-11-21)25(30)28-16-4-5-17-28)18-26-20-12-14-23(15-13-20)31-22-6-2-1-3-7-22/h1-3,6-15,26H,4-5,16-18H2,(H,27,29). The van der Waals surface area contributed by atoms with Crippen molar-refractivity contribution >= 4 is 23.2 Å². The van der Waals surface area contributed by atoms with Crippen molar-refractivity contribution in [1.82, 2.24) is 4.90 Å². The number of nitrogens with one attached hydrogen (secondary N) is 2. The first kappa shape index (κ1) is 20.5. The number of hydrogen-bond acceptors (Lipinski definition) is 4. The zero-order chi connectivity index (χ0) is 21.5. The number of nitrogens with zero attached hydrogens (tertiary/aromatic N) is 1. The average Bonchev–Trinajstić information content (AvgIpc) is 3.34. The molecule has 1 heterocycles. The molecule has 0 aromatic heterocycles. The molecular weight excluding hydrogens is 390 g/mol. The number of carbonyl (C=O) groups is 2. The highest BCUT2D eigenvalue weighted by atomic mass is 16.5. The van der Waals surface area contributed by atoms with Crippen LogP contribution in [0.5, 0.6) is 11.5 Å². The summed E-state index contributed by atoms with van der Waals surface area (Å²) >= 11 is 0. The molecule has 0 radical (unpaired) electrons. The first-order chi connectivity index (χ1) is 15.2. The van der Waals surface area contributed by atoms with Crippen molar-refractivity contribution in [2.75, 3.05) is 30.3 Å². The van der Waals surface area contributed by atoms with E-state index in [0.717, 1.165) is 43.1 Å². The van der Waals surface area contributed by atoms with Crippen molar-refractivity contribution in [1.29, 1.82) is 0 Å². The number of ether oxygens (including phenoxy) is 1. The van der Waals surface area contributed by atoms with E-state index >= 15 is 0 Å². The Morgan fingerprint density at radius 3 is 2.06 bits per heavy atom. The van der Waals surface area contributed by atoms with Crippen LogP contribution in [-0.4, -0.2) is 36.3 Å². The second-order valence-electron chi connectivity index (χ2n) is 7.42. The second kappa shape index (κ2) is 9.80. The second-order valence-corrected chi connectivity index (χ2v) is 7.42. The van der Waals surface area contributed by atoms with Gasteiger partial charge in [-0.3, -0.25) is 9.59 Å². The highest BCUT2D eigenvalue weighted by molar-refractivity contribution is 5.96. The van der Waals surface area contributed by atoms with E-state index < -0.39 is 0 Å². The molecule has 158 valence electrons. The van der Waals surface area contributed by atoms with Crippen LogP contribution in [0, 0.1) is 0 Å². The molecule has 0 bridgehead atoms. The fraction of sp³-hybridized carbons (Fsp3) is 0.200. The van der Waals surface area contributed by atoms with Gasteiger partial charge in [0, 0.05) is 30.0 Å². The summed E-state index contributed by atoms with van der Waals surface area (Å²) in [4.78, 5) is 26.5. The summed E-state index contributed by atoms with van der Waals surface area (Å²) in [6.45, 7) is 1.78. The lowest BCUT2D eigenvalue weighted by Gasteiger charge is -2.15. The van der Waals surface area contributed by atoms with Crippen molar-refractivity contribution in [3.05, 3.63) is 84.4 Å². The molecule has 0 spiro atoms. The predicted molar refractivity (Wildman–Crippen MR) is 122 cm³/mol. The lowest BCUT2D eigenvalue weighted by molar-refractivity contribution is -0.114. The lowest BCUT2D eigenvalue weighted by atomic mass is 10.2. The molecule has 3 aromatic rings. The van der Waals surface area contributed by atoms with Gasteiger partial charge in [0.05, 0.1) is 6.54 Å². The number of rotatable bonds is 7. The third kappa shape index (κ3) is 5.63. The molecule has 0 saturated carbocycles. The van der Waals surface area contributed by atoms with Gasteiger partial charge in [-0.25, -0.2) is 0 Å². The van der Waals surface area contributed by atoms with Crippen LogP contribution in [-0.2, 0) is 4.79 Å². The Balaban J connectivity index is 1.25. The van der Waals surface area contributed by atoms with Crippen molar-refractivity contribution in [2.24, 2.45) is 0 Å². The number of likely N-dealkylation sites (tertiary alicyclic amines) is 1. The molecule has 31 heavy (non-hydrogen) atoms. The molecular formula is C25H25N3O3. The monoisotopic (exact) mass is 415 g/mol. The summed E-state index contributed by atoms with van der Waals surface area (Å²) in [5.74, 6) is 1.39. The summed E-state index contributed by atoms with van der Waals surface area (Å²) in [5, 5.41) is 5.93. The third-order valence-corrected chi connectivity index (χ3v) is 5.10. The van der Waals surface area contributed by atoms with Crippen LogP contribution in [0.25, 0.3) is 0 Å². The molecule has 1 aliphatic heterocycles. The van der Waals surface area contributed by atoms with Gasteiger partial charge in [-0.15, -0.1) is 0 Å². The van der Waals surface area contributed by atoms with Gasteiger partial charge in [0.2, 0.25) is 5.91 Å². The molecule has 3 aromatic carbocycles. The van der Waals surface area contributed by atoms with Crippen molar-refractivity contribution in [3.8, 4) is 11.5 Å². The van der Waals surface area contributed by atoms with Crippen LogP contribution in [0.2, 0.25) is 0 Å². The quantitative estimate of drug-likeness (QED) is 0.583. The smallest absolute Gasteiger partial charge is 0.253 e. The van der Waals surface area contributed by atoms with E-state index in [0.29, 0.717) is 11.3 Å². The Kier molecular flexibility index (Phi) is 6.47. The molecule has 2 N–H and O–H groups in total. The molecule has 6 heteroatoms. The maximum Gasteiger partial charge on any atom is 0.253 e. The van der Waals surface area contributed by atoms with E-state index in [-0.39, 0.29) is 18.4 Å². The molecule has 0 unspecified atom stereocenters. The van der Waals surface area contributed by atoms with Crippen molar-refractivity contribution in [3.63, 3.8) is 0 Å². The van der Waals surface area contributed by atoms with Crippen LogP contribution >= 0.6 is 0 Å². The Labute approximate surface area is 181 Å². The fourth-order valence-corrected chi connectivity index (χ4v) is 3.45. The van der Waals surface area contributed by atoms with Crippen LogP contribution < -0.4 is 15.4 Å². The van der Waals surface area contributed by atoms with Gasteiger partial charge in [0.15, 0.2) is 0 Å². The van der Waals surface area contributed by atoms with E-state index in [1.54, 1.807) is 24.3 Å². The Bertz CT molecular complexity index is 1010. The van der Waals surface area contributed by atoms with Crippen LogP contribution in [0.4, 0.5) is 11.4 Å². The van der Waals surface area contributed by atoms with Gasteiger partial charge in [-0.1, -0.05) is 18.2 Å². The number of hydrogen-bond donors (Lipinski definition) is 2. The van der Waals surface area contributed by atoms with E-state index in [2.05, 4.69) is 10.6 Å². The largest absolute Gasteiger partial charge is 0.457 e. The van der Waals surface area contributed by atoms with Gasteiger partial charge >= 0.3 is 0 Å². The van der Waals surface area contributed by atoms with Crippen molar-refractivity contribution < 1.29 is 14.3 Å².